The maximum absolute atomic E-state index is 12.5. The van der Waals surface area contributed by atoms with Gasteiger partial charge in [-0.1, -0.05) is 12.1 Å². The molecule has 0 saturated carbocycles. The largest absolute Gasteiger partial charge is 0.451 e. The summed E-state index contributed by atoms with van der Waals surface area (Å²) in [6.07, 6.45) is 0.530. The normalized spacial score (nSPS) is 14.9. The Labute approximate surface area is 158 Å². The van der Waals surface area contributed by atoms with Crippen LogP contribution in [0.15, 0.2) is 42.5 Å². The Bertz CT molecular complexity index is 886. The second-order valence-corrected chi connectivity index (χ2v) is 6.91. The van der Waals surface area contributed by atoms with Crippen LogP contribution in [0.2, 0.25) is 0 Å². The minimum Gasteiger partial charge on any atom is -0.451 e. The van der Waals surface area contributed by atoms with Gasteiger partial charge >= 0.3 is 5.97 Å². The SMILES string of the molecule is Cc1ccc(C(=O)C(C)OC(=O)c2ccc(N3CCCC3=O)cc2)cc1C. The Kier molecular flexibility index (Phi) is 5.40. The highest BCUT2D eigenvalue weighted by Crippen LogP contribution is 2.22. The van der Waals surface area contributed by atoms with Gasteiger partial charge in [0.25, 0.3) is 0 Å². The maximum atomic E-state index is 12.5. The number of carbonyl (C=O) groups is 3. The Morgan fingerprint density at radius 2 is 1.67 bits per heavy atom. The lowest BCUT2D eigenvalue weighted by Crippen LogP contribution is -2.25. The van der Waals surface area contributed by atoms with Gasteiger partial charge in [-0.3, -0.25) is 9.59 Å². The molecule has 2 aromatic carbocycles. The first-order chi connectivity index (χ1) is 12.9. The molecule has 1 saturated heterocycles. The second kappa shape index (κ2) is 7.74. The molecule has 0 aromatic heterocycles. The number of carbonyl (C=O) groups excluding carboxylic acids is 3. The summed E-state index contributed by atoms with van der Waals surface area (Å²) in [7, 11) is 0. The van der Waals surface area contributed by atoms with Gasteiger partial charge in [-0.25, -0.2) is 4.79 Å². The molecule has 140 valence electrons. The lowest BCUT2D eigenvalue weighted by atomic mass is 10.0. The van der Waals surface area contributed by atoms with Gasteiger partial charge in [-0.05, 0) is 68.7 Å². The summed E-state index contributed by atoms with van der Waals surface area (Å²) in [6, 6.07) is 12.1. The van der Waals surface area contributed by atoms with E-state index in [4.69, 9.17) is 4.74 Å². The van der Waals surface area contributed by atoms with Crippen LogP contribution in [0, 0.1) is 13.8 Å². The van der Waals surface area contributed by atoms with Crippen LogP contribution in [-0.2, 0) is 9.53 Å². The van der Waals surface area contributed by atoms with E-state index in [9.17, 15) is 14.4 Å². The molecular weight excluding hydrogens is 342 g/mol. The van der Waals surface area contributed by atoms with E-state index in [1.165, 1.54) is 0 Å². The van der Waals surface area contributed by atoms with Crippen LogP contribution in [0.3, 0.4) is 0 Å². The summed E-state index contributed by atoms with van der Waals surface area (Å²) in [6.45, 7) is 6.19. The zero-order chi connectivity index (χ0) is 19.6. The first-order valence-corrected chi connectivity index (χ1v) is 9.09. The predicted octanol–water partition coefficient (Wildman–Crippen LogP) is 3.86. The summed E-state index contributed by atoms with van der Waals surface area (Å²) < 4.78 is 5.34. The summed E-state index contributed by atoms with van der Waals surface area (Å²) in [5.41, 5.74) is 3.78. The van der Waals surface area contributed by atoms with Crippen molar-refractivity contribution in [3.05, 3.63) is 64.7 Å². The van der Waals surface area contributed by atoms with Crippen molar-refractivity contribution in [2.45, 2.75) is 39.7 Å². The highest BCUT2D eigenvalue weighted by Gasteiger charge is 2.23. The molecule has 1 fully saturated rings. The van der Waals surface area contributed by atoms with E-state index in [2.05, 4.69) is 0 Å². The molecule has 1 atom stereocenters. The molecule has 0 spiro atoms. The molecule has 5 nitrogen and oxygen atoms in total. The summed E-state index contributed by atoms with van der Waals surface area (Å²) in [5.74, 6) is -0.692. The lowest BCUT2D eigenvalue weighted by molar-refractivity contribution is -0.117. The van der Waals surface area contributed by atoms with Gasteiger partial charge in [0.2, 0.25) is 11.7 Å². The van der Waals surface area contributed by atoms with Gasteiger partial charge < -0.3 is 9.64 Å². The number of aryl methyl sites for hydroxylation is 2. The summed E-state index contributed by atoms with van der Waals surface area (Å²) in [5, 5.41) is 0. The van der Waals surface area contributed by atoms with E-state index in [0.717, 1.165) is 23.2 Å². The molecule has 1 aliphatic heterocycles. The number of Topliss-reactive ketones (excluding diaryl/α,β-unsaturated/α-hetero) is 1. The predicted molar refractivity (Wildman–Crippen MR) is 103 cm³/mol. The molecule has 0 bridgehead atoms. The van der Waals surface area contributed by atoms with Gasteiger partial charge in [-0.15, -0.1) is 0 Å². The van der Waals surface area contributed by atoms with Crippen molar-refractivity contribution in [1.29, 1.82) is 0 Å². The second-order valence-electron chi connectivity index (χ2n) is 6.91. The van der Waals surface area contributed by atoms with Crippen LogP contribution in [0.4, 0.5) is 5.69 Å². The van der Waals surface area contributed by atoms with E-state index in [1.807, 2.05) is 26.0 Å². The third-order valence-corrected chi connectivity index (χ3v) is 4.93. The highest BCUT2D eigenvalue weighted by molar-refractivity contribution is 6.02. The van der Waals surface area contributed by atoms with Crippen molar-refractivity contribution < 1.29 is 19.1 Å². The number of esters is 1. The molecule has 0 aliphatic carbocycles. The average molecular weight is 365 g/mol. The molecule has 5 heteroatoms. The molecular formula is C22H23NO4. The van der Waals surface area contributed by atoms with Crippen LogP contribution < -0.4 is 4.90 Å². The Hall–Kier alpha value is -2.95. The van der Waals surface area contributed by atoms with Crippen molar-refractivity contribution in [1.82, 2.24) is 0 Å². The minimum atomic E-state index is -0.876. The Morgan fingerprint density at radius 1 is 1.00 bits per heavy atom. The van der Waals surface area contributed by atoms with Gasteiger partial charge in [0.15, 0.2) is 6.10 Å². The van der Waals surface area contributed by atoms with Gasteiger partial charge in [0.1, 0.15) is 0 Å². The molecule has 0 radical (unpaired) electrons. The molecule has 2 aromatic rings. The van der Waals surface area contributed by atoms with Crippen LogP contribution in [0.5, 0.6) is 0 Å². The van der Waals surface area contributed by atoms with E-state index in [1.54, 1.807) is 42.2 Å². The molecule has 1 unspecified atom stereocenters. The molecule has 1 aliphatic rings. The van der Waals surface area contributed by atoms with Crippen molar-refractivity contribution in [2.75, 3.05) is 11.4 Å². The van der Waals surface area contributed by atoms with Crippen molar-refractivity contribution in [3.8, 4) is 0 Å². The van der Waals surface area contributed by atoms with E-state index < -0.39 is 12.1 Å². The number of nitrogens with zero attached hydrogens (tertiary/aromatic N) is 1. The molecule has 1 heterocycles. The highest BCUT2D eigenvalue weighted by atomic mass is 16.5. The third-order valence-electron chi connectivity index (χ3n) is 4.93. The average Bonchev–Trinajstić information content (AvgIpc) is 3.09. The number of hydrogen-bond donors (Lipinski definition) is 0. The van der Waals surface area contributed by atoms with Crippen molar-refractivity contribution >= 4 is 23.3 Å². The quantitative estimate of drug-likeness (QED) is 0.596. The van der Waals surface area contributed by atoms with Crippen LogP contribution in [-0.4, -0.2) is 30.3 Å². The minimum absolute atomic E-state index is 0.0953. The van der Waals surface area contributed by atoms with Gasteiger partial charge in [0.05, 0.1) is 5.56 Å². The first kappa shape index (κ1) is 18.8. The van der Waals surface area contributed by atoms with Gasteiger partial charge in [-0.2, -0.15) is 0 Å². The number of rotatable bonds is 5. The number of ketones is 1. The number of anilines is 1. The number of amides is 1. The monoisotopic (exact) mass is 365 g/mol. The maximum Gasteiger partial charge on any atom is 0.338 e. The summed E-state index contributed by atoms with van der Waals surface area (Å²) in [4.78, 5) is 38.4. The standard InChI is InChI=1S/C22H23NO4/c1-14-6-7-18(13-15(14)2)21(25)16(3)27-22(26)17-8-10-19(11-9-17)23-12-4-5-20(23)24/h6-11,13,16H,4-5,12H2,1-3H3. The van der Waals surface area contributed by atoms with Crippen LogP contribution >= 0.6 is 0 Å². The fourth-order valence-corrected chi connectivity index (χ4v) is 3.11. The van der Waals surface area contributed by atoms with Crippen molar-refractivity contribution in [2.24, 2.45) is 0 Å². The molecule has 3 rings (SSSR count). The van der Waals surface area contributed by atoms with E-state index >= 15 is 0 Å². The Morgan fingerprint density at radius 3 is 2.26 bits per heavy atom. The first-order valence-electron chi connectivity index (χ1n) is 9.09. The number of ether oxygens (including phenoxy) is 1. The number of benzene rings is 2. The third kappa shape index (κ3) is 4.08. The summed E-state index contributed by atoms with van der Waals surface area (Å²) >= 11 is 0. The topological polar surface area (TPSA) is 63.7 Å². The van der Waals surface area contributed by atoms with Crippen molar-refractivity contribution in [3.63, 3.8) is 0 Å². The molecule has 0 N–H and O–H groups in total. The van der Waals surface area contributed by atoms with Crippen LogP contribution in [0.1, 0.15) is 51.6 Å². The van der Waals surface area contributed by atoms with E-state index in [0.29, 0.717) is 24.1 Å². The number of hydrogen-bond acceptors (Lipinski definition) is 4. The van der Waals surface area contributed by atoms with Gasteiger partial charge in [0, 0.05) is 24.2 Å². The van der Waals surface area contributed by atoms with Crippen LogP contribution in [0.25, 0.3) is 0 Å². The fourth-order valence-electron chi connectivity index (χ4n) is 3.11. The van der Waals surface area contributed by atoms with E-state index in [-0.39, 0.29) is 11.7 Å². The Balaban J connectivity index is 1.66. The lowest BCUT2D eigenvalue weighted by Gasteiger charge is -2.16. The fraction of sp³-hybridized carbons (Fsp3) is 0.318. The molecule has 27 heavy (non-hydrogen) atoms. The molecule has 1 amide bonds. The zero-order valence-electron chi connectivity index (χ0n) is 15.8. The smallest absolute Gasteiger partial charge is 0.338 e. The zero-order valence-corrected chi connectivity index (χ0v) is 15.8.